The van der Waals surface area contributed by atoms with Gasteiger partial charge in [0.2, 0.25) is 0 Å². The highest BCUT2D eigenvalue weighted by Gasteiger charge is 2.53. The van der Waals surface area contributed by atoms with Gasteiger partial charge in [-0.05, 0) is 62.9 Å². The van der Waals surface area contributed by atoms with Crippen LogP contribution in [-0.2, 0) is 21.2 Å². The predicted octanol–water partition coefficient (Wildman–Crippen LogP) is 5.76. The van der Waals surface area contributed by atoms with Crippen LogP contribution in [0, 0.1) is 5.41 Å². The summed E-state index contributed by atoms with van der Waals surface area (Å²) in [6.07, 6.45) is -0.129. The SMILES string of the molecule is C[SiH](C)OC(c1ccccc1C(=O)O)(C(Cc1ccccc1)NC(=O)OC(C)(C)C)C(C)(C)C. The highest BCUT2D eigenvalue weighted by Crippen LogP contribution is 2.48. The van der Waals surface area contributed by atoms with Gasteiger partial charge in [-0.1, -0.05) is 69.3 Å². The Hall–Kier alpha value is -2.64. The van der Waals surface area contributed by atoms with E-state index in [0.717, 1.165) is 5.56 Å². The van der Waals surface area contributed by atoms with Crippen molar-refractivity contribution in [2.45, 2.75) is 78.3 Å². The summed E-state index contributed by atoms with van der Waals surface area (Å²) in [6, 6.07) is 16.1. The van der Waals surface area contributed by atoms with Crippen LogP contribution < -0.4 is 5.32 Å². The summed E-state index contributed by atoms with van der Waals surface area (Å²) in [5, 5.41) is 13.2. The highest BCUT2D eigenvalue weighted by molar-refractivity contribution is 6.48. The van der Waals surface area contributed by atoms with Gasteiger partial charge in [-0.15, -0.1) is 0 Å². The van der Waals surface area contributed by atoms with Gasteiger partial charge in [-0.25, -0.2) is 9.59 Å². The first-order chi connectivity index (χ1) is 15.7. The molecule has 34 heavy (non-hydrogen) atoms. The third kappa shape index (κ3) is 6.70. The molecule has 0 aliphatic rings. The molecule has 0 aromatic heterocycles. The minimum Gasteiger partial charge on any atom is -0.478 e. The molecule has 186 valence electrons. The molecule has 2 N–H and O–H groups in total. The van der Waals surface area contributed by atoms with Crippen molar-refractivity contribution in [1.82, 2.24) is 5.32 Å². The summed E-state index contributed by atoms with van der Waals surface area (Å²) in [4.78, 5) is 25.4. The lowest BCUT2D eigenvalue weighted by atomic mass is 9.65. The van der Waals surface area contributed by atoms with E-state index in [1.165, 1.54) is 0 Å². The Morgan fingerprint density at radius 2 is 1.50 bits per heavy atom. The van der Waals surface area contributed by atoms with Crippen LogP contribution in [-0.4, -0.2) is 37.9 Å². The molecule has 2 unspecified atom stereocenters. The molecule has 2 atom stereocenters. The zero-order valence-electron chi connectivity index (χ0n) is 21.6. The first-order valence-electron chi connectivity index (χ1n) is 11.7. The van der Waals surface area contributed by atoms with Crippen LogP contribution in [0.4, 0.5) is 4.79 Å². The fourth-order valence-corrected chi connectivity index (χ4v) is 5.79. The molecule has 0 bridgehead atoms. The van der Waals surface area contributed by atoms with E-state index in [0.29, 0.717) is 12.0 Å². The van der Waals surface area contributed by atoms with Gasteiger partial charge in [0.25, 0.3) is 0 Å². The molecular weight excluding hydrogens is 446 g/mol. The molecule has 2 aromatic carbocycles. The molecule has 2 rings (SSSR count). The Balaban J connectivity index is 2.81. The van der Waals surface area contributed by atoms with Crippen LogP contribution in [0.5, 0.6) is 0 Å². The predicted molar refractivity (Wildman–Crippen MR) is 138 cm³/mol. The number of hydrogen-bond acceptors (Lipinski definition) is 4. The van der Waals surface area contributed by atoms with E-state index in [-0.39, 0.29) is 5.56 Å². The molecule has 0 radical (unpaired) electrons. The van der Waals surface area contributed by atoms with E-state index < -0.39 is 43.8 Å². The van der Waals surface area contributed by atoms with Crippen LogP contribution in [0.1, 0.15) is 63.0 Å². The molecule has 0 saturated carbocycles. The number of ether oxygens (including phenoxy) is 1. The van der Waals surface area contributed by atoms with E-state index >= 15 is 0 Å². The summed E-state index contributed by atoms with van der Waals surface area (Å²) in [5.74, 6) is -1.03. The van der Waals surface area contributed by atoms with E-state index in [1.807, 2.05) is 77.9 Å². The minimum absolute atomic E-state index is 0.163. The monoisotopic (exact) mass is 485 g/mol. The number of hydrogen-bond donors (Lipinski definition) is 2. The van der Waals surface area contributed by atoms with Gasteiger partial charge in [-0.3, -0.25) is 0 Å². The fraction of sp³-hybridized carbons (Fsp3) is 0.481. The van der Waals surface area contributed by atoms with Crippen LogP contribution in [0.25, 0.3) is 0 Å². The number of carboxylic acids is 1. The van der Waals surface area contributed by atoms with Crippen molar-refractivity contribution in [2.75, 3.05) is 0 Å². The van der Waals surface area contributed by atoms with Gasteiger partial charge in [0, 0.05) is 0 Å². The smallest absolute Gasteiger partial charge is 0.407 e. The lowest BCUT2D eigenvalue weighted by molar-refractivity contribution is -0.0744. The summed E-state index contributed by atoms with van der Waals surface area (Å²) in [5.41, 5.74) is -0.680. The van der Waals surface area contributed by atoms with Gasteiger partial charge in [-0.2, -0.15) is 0 Å². The van der Waals surface area contributed by atoms with Crippen molar-refractivity contribution in [1.29, 1.82) is 0 Å². The Morgan fingerprint density at radius 1 is 0.941 bits per heavy atom. The van der Waals surface area contributed by atoms with Crippen LogP contribution >= 0.6 is 0 Å². The number of alkyl carbamates (subject to hydrolysis) is 1. The minimum atomic E-state index is -1.75. The van der Waals surface area contributed by atoms with Crippen molar-refractivity contribution >= 4 is 21.1 Å². The van der Waals surface area contributed by atoms with E-state index in [9.17, 15) is 14.7 Å². The van der Waals surface area contributed by atoms with Crippen molar-refractivity contribution < 1.29 is 23.9 Å². The second kappa shape index (κ2) is 10.7. The molecule has 2 aromatic rings. The topological polar surface area (TPSA) is 84.9 Å². The number of carbonyl (C=O) groups excluding carboxylic acids is 1. The number of aromatic carboxylic acids is 1. The van der Waals surface area contributed by atoms with Crippen molar-refractivity contribution in [3.8, 4) is 0 Å². The maximum atomic E-state index is 13.1. The quantitative estimate of drug-likeness (QED) is 0.464. The molecular formula is C27H39NO5Si. The largest absolute Gasteiger partial charge is 0.478 e. The summed E-state index contributed by atoms with van der Waals surface area (Å²) in [6.45, 7) is 15.6. The van der Waals surface area contributed by atoms with E-state index in [1.54, 1.807) is 18.2 Å². The summed E-state index contributed by atoms with van der Waals surface area (Å²) in [7, 11) is -1.75. The molecule has 0 fully saturated rings. The van der Waals surface area contributed by atoms with Gasteiger partial charge < -0.3 is 19.6 Å². The molecule has 0 spiro atoms. The van der Waals surface area contributed by atoms with Gasteiger partial charge in [0.1, 0.15) is 11.2 Å². The number of amides is 1. The molecule has 7 heteroatoms. The lowest BCUT2D eigenvalue weighted by Crippen LogP contribution is -2.61. The molecule has 0 aliphatic heterocycles. The normalized spacial score (nSPS) is 14.9. The maximum Gasteiger partial charge on any atom is 0.407 e. The van der Waals surface area contributed by atoms with E-state index in [2.05, 4.69) is 18.4 Å². The number of carbonyl (C=O) groups is 2. The van der Waals surface area contributed by atoms with Gasteiger partial charge >= 0.3 is 12.1 Å². The maximum absolute atomic E-state index is 13.1. The van der Waals surface area contributed by atoms with E-state index in [4.69, 9.17) is 9.16 Å². The lowest BCUT2D eigenvalue weighted by Gasteiger charge is -2.52. The van der Waals surface area contributed by atoms with Gasteiger partial charge in [0.05, 0.1) is 11.6 Å². The number of carboxylic acid groups (broad SMARTS) is 1. The molecule has 0 heterocycles. The Kier molecular flexibility index (Phi) is 8.72. The summed E-state index contributed by atoms with van der Waals surface area (Å²) >= 11 is 0. The first kappa shape index (κ1) is 27.6. The number of nitrogens with one attached hydrogen (secondary N) is 1. The zero-order valence-corrected chi connectivity index (χ0v) is 22.8. The first-order valence-corrected chi connectivity index (χ1v) is 14.5. The Morgan fingerprint density at radius 3 is 2.00 bits per heavy atom. The zero-order chi connectivity index (χ0) is 25.7. The molecule has 1 amide bonds. The second-order valence-electron chi connectivity index (χ2n) is 10.9. The van der Waals surface area contributed by atoms with Crippen molar-refractivity contribution in [3.05, 3.63) is 71.3 Å². The van der Waals surface area contributed by atoms with Crippen LogP contribution in [0.2, 0.25) is 13.1 Å². The average Bonchev–Trinajstić information content (AvgIpc) is 2.70. The molecule has 0 saturated heterocycles. The second-order valence-corrected chi connectivity index (χ2v) is 13.2. The highest BCUT2D eigenvalue weighted by atomic mass is 28.3. The Labute approximate surface area is 205 Å². The third-order valence-corrected chi connectivity index (χ3v) is 6.40. The Bertz CT molecular complexity index is 979. The molecule has 0 aliphatic carbocycles. The standard InChI is InChI=1S/C27H39NO5Si/c1-25(2,3)27(33-34(7)8,21-17-13-12-16-20(21)23(29)30)22(18-19-14-10-9-11-15-19)28-24(31)32-26(4,5)6/h9-17,22,34H,18H2,1-8H3,(H,28,31)(H,29,30). The molecule has 6 nitrogen and oxygen atoms in total. The fourth-order valence-electron chi connectivity index (χ4n) is 4.40. The number of rotatable bonds is 8. The van der Waals surface area contributed by atoms with Gasteiger partial charge in [0.15, 0.2) is 9.04 Å². The van der Waals surface area contributed by atoms with Crippen molar-refractivity contribution in [2.24, 2.45) is 5.41 Å². The third-order valence-electron chi connectivity index (χ3n) is 5.56. The number of benzene rings is 2. The van der Waals surface area contributed by atoms with Crippen LogP contribution in [0.15, 0.2) is 54.6 Å². The summed E-state index contributed by atoms with van der Waals surface area (Å²) < 4.78 is 12.5. The van der Waals surface area contributed by atoms with Crippen LogP contribution in [0.3, 0.4) is 0 Å². The average molecular weight is 486 g/mol. The van der Waals surface area contributed by atoms with Crippen molar-refractivity contribution in [3.63, 3.8) is 0 Å².